The molecule has 0 heterocycles. The summed E-state index contributed by atoms with van der Waals surface area (Å²) in [6, 6.07) is -0.483. The van der Waals surface area contributed by atoms with E-state index in [1.807, 2.05) is 27.7 Å². The van der Waals surface area contributed by atoms with Crippen LogP contribution in [0.3, 0.4) is 0 Å². The molecule has 0 aromatic rings. The number of hydrogen-bond donors (Lipinski definition) is 3. The minimum absolute atomic E-state index is 0. The van der Waals surface area contributed by atoms with Gasteiger partial charge >= 0.3 is 0 Å². The van der Waals surface area contributed by atoms with Crippen LogP contribution in [0.2, 0.25) is 0 Å². The van der Waals surface area contributed by atoms with Gasteiger partial charge in [0.1, 0.15) is 6.04 Å². The van der Waals surface area contributed by atoms with E-state index < -0.39 is 11.6 Å². The quantitative estimate of drug-likeness (QED) is 0.657. The van der Waals surface area contributed by atoms with Crippen LogP contribution < -0.4 is 16.4 Å². The smallest absolute Gasteiger partial charge is 0.242 e. The highest BCUT2D eigenvalue weighted by molar-refractivity contribution is 5.90. The SMILES string of the molecule is CC(C)C(NC(=O)C12CC3CC(CC(C3)C1)C2)C(=O)NCC(C)(C)N.Cl. The molecule has 4 fully saturated rings. The van der Waals surface area contributed by atoms with Gasteiger partial charge in [-0.1, -0.05) is 13.8 Å². The second kappa shape index (κ2) is 7.67. The molecular weight excluding hydrogens is 350 g/mol. The van der Waals surface area contributed by atoms with Gasteiger partial charge in [-0.3, -0.25) is 9.59 Å². The first-order valence-electron chi connectivity index (χ1n) is 9.95. The fraction of sp³-hybridized carbons (Fsp3) is 0.900. The molecule has 4 rings (SSSR count). The first-order valence-corrected chi connectivity index (χ1v) is 9.95. The zero-order valence-corrected chi connectivity index (χ0v) is 17.5. The van der Waals surface area contributed by atoms with Crippen LogP contribution in [0.5, 0.6) is 0 Å². The molecule has 26 heavy (non-hydrogen) atoms. The maximum Gasteiger partial charge on any atom is 0.242 e. The summed E-state index contributed by atoms with van der Waals surface area (Å²) in [6.45, 7) is 8.13. The molecule has 4 aliphatic carbocycles. The first-order chi connectivity index (χ1) is 11.6. The van der Waals surface area contributed by atoms with E-state index in [4.69, 9.17) is 5.73 Å². The molecule has 4 N–H and O–H groups in total. The van der Waals surface area contributed by atoms with E-state index in [1.54, 1.807) is 0 Å². The van der Waals surface area contributed by atoms with Gasteiger partial charge in [0, 0.05) is 17.5 Å². The zero-order chi connectivity index (χ0) is 18.4. The van der Waals surface area contributed by atoms with E-state index in [1.165, 1.54) is 19.3 Å². The Labute approximate surface area is 164 Å². The standard InChI is InChI=1S/C20H35N3O2.ClH/c1-12(2)16(17(24)22-11-19(3,4)21)23-18(25)20-8-13-5-14(9-20)7-15(6-13)10-20;/h12-16H,5-11,21H2,1-4H3,(H,22,24)(H,23,25);1H. The van der Waals surface area contributed by atoms with Crippen LogP contribution in [-0.4, -0.2) is 29.9 Å². The van der Waals surface area contributed by atoms with E-state index in [-0.39, 0.29) is 35.6 Å². The van der Waals surface area contributed by atoms with Crippen LogP contribution in [0, 0.1) is 29.1 Å². The number of nitrogens with one attached hydrogen (secondary N) is 2. The van der Waals surface area contributed by atoms with Crippen molar-refractivity contribution in [3.63, 3.8) is 0 Å². The molecule has 0 saturated heterocycles. The van der Waals surface area contributed by atoms with E-state index >= 15 is 0 Å². The third kappa shape index (κ3) is 4.53. The van der Waals surface area contributed by atoms with Gasteiger partial charge in [-0.05, 0) is 76.0 Å². The van der Waals surface area contributed by atoms with Gasteiger partial charge in [0.05, 0.1) is 0 Å². The van der Waals surface area contributed by atoms with E-state index in [9.17, 15) is 9.59 Å². The summed E-state index contributed by atoms with van der Waals surface area (Å²) in [5, 5.41) is 6.02. The lowest BCUT2D eigenvalue weighted by atomic mass is 9.49. The van der Waals surface area contributed by atoms with Crippen LogP contribution in [0.4, 0.5) is 0 Å². The molecule has 1 atom stereocenters. The summed E-state index contributed by atoms with van der Waals surface area (Å²) < 4.78 is 0. The fourth-order valence-electron chi connectivity index (χ4n) is 5.64. The number of carbonyl (C=O) groups excluding carboxylic acids is 2. The van der Waals surface area contributed by atoms with Crippen molar-refractivity contribution in [2.24, 2.45) is 34.8 Å². The van der Waals surface area contributed by atoms with Crippen LogP contribution in [-0.2, 0) is 9.59 Å². The third-order valence-corrected chi connectivity index (χ3v) is 6.47. The topological polar surface area (TPSA) is 84.2 Å². The number of carbonyl (C=O) groups is 2. The fourth-order valence-corrected chi connectivity index (χ4v) is 5.64. The Hall–Kier alpha value is -0.810. The normalized spacial score (nSPS) is 33.5. The molecule has 2 amide bonds. The average Bonchev–Trinajstić information content (AvgIpc) is 2.47. The molecule has 5 nitrogen and oxygen atoms in total. The van der Waals surface area contributed by atoms with Crippen LogP contribution in [0.25, 0.3) is 0 Å². The molecule has 4 aliphatic rings. The summed E-state index contributed by atoms with van der Waals surface area (Å²) in [7, 11) is 0. The summed E-state index contributed by atoms with van der Waals surface area (Å²) >= 11 is 0. The van der Waals surface area contributed by atoms with E-state index in [0.29, 0.717) is 6.54 Å². The number of hydrogen-bond acceptors (Lipinski definition) is 3. The van der Waals surface area contributed by atoms with E-state index in [0.717, 1.165) is 37.0 Å². The maximum absolute atomic E-state index is 13.2. The van der Waals surface area contributed by atoms with Gasteiger partial charge in [-0.2, -0.15) is 0 Å². The van der Waals surface area contributed by atoms with Gasteiger partial charge in [-0.15, -0.1) is 12.4 Å². The summed E-state index contributed by atoms with van der Waals surface area (Å²) in [5.41, 5.74) is 5.29. The number of nitrogens with two attached hydrogens (primary N) is 1. The lowest BCUT2D eigenvalue weighted by Crippen LogP contribution is -2.59. The zero-order valence-electron chi connectivity index (χ0n) is 16.6. The van der Waals surface area contributed by atoms with Gasteiger partial charge < -0.3 is 16.4 Å². The Morgan fingerprint density at radius 3 is 1.92 bits per heavy atom. The van der Waals surface area contributed by atoms with Crippen LogP contribution in [0.15, 0.2) is 0 Å². The van der Waals surface area contributed by atoms with Gasteiger partial charge in [-0.25, -0.2) is 0 Å². The largest absolute Gasteiger partial charge is 0.352 e. The summed E-state index contributed by atoms with van der Waals surface area (Å²) in [6.07, 6.45) is 7.00. The number of rotatable bonds is 6. The molecule has 0 aromatic carbocycles. The molecule has 0 radical (unpaired) electrons. The van der Waals surface area contributed by atoms with Crippen molar-refractivity contribution in [1.82, 2.24) is 10.6 Å². The molecule has 0 aromatic heterocycles. The molecule has 6 heteroatoms. The van der Waals surface area contributed by atoms with E-state index in [2.05, 4.69) is 10.6 Å². The van der Waals surface area contributed by atoms with Crippen molar-refractivity contribution in [2.75, 3.05) is 6.54 Å². The Morgan fingerprint density at radius 1 is 1.08 bits per heavy atom. The second-order valence-electron chi connectivity index (χ2n) is 10.1. The van der Waals surface area contributed by atoms with Gasteiger partial charge in [0.25, 0.3) is 0 Å². The monoisotopic (exact) mass is 385 g/mol. The molecule has 150 valence electrons. The van der Waals surface area contributed by atoms with Crippen molar-refractivity contribution in [3.8, 4) is 0 Å². The van der Waals surface area contributed by atoms with Crippen molar-refractivity contribution in [2.45, 2.75) is 77.8 Å². The molecule has 1 unspecified atom stereocenters. The molecular formula is C20H36ClN3O2. The molecule has 4 saturated carbocycles. The maximum atomic E-state index is 13.2. The van der Waals surface area contributed by atoms with Crippen LogP contribution >= 0.6 is 12.4 Å². The summed E-state index contributed by atoms with van der Waals surface area (Å²) in [5.74, 6) is 2.22. The van der Waals surface area contributed by atoms with Gasteiger partial charge in [0.2, 0.25) is 11.8 Å². The number of halogens is 1. The molecule has 4 bridgehead atoms. The van der Waals surface area contributed by atoms with Crippen molar-refractivity contribution in [3.05, 3.63) is 0 Å². The highest BCUT2D eigenvalue weighted by atomic mass is 35.5. The van der Waals surface area contributed by atoms with Crippen LogP contribution in [0.1, 0.15) is 66.2 Å². The third-order valence-electron chi connectivity index (χ3n) is 6.47. The molecule has 0 aliphatic heterocycles. The lowest BCUT2D eigenvalue weighted by Gasteiger charge is -2.55. The Kier molecular flexibility index (Phi) is 6.34. The minimum Gasteiger partial charge on any atom is -0.352 e. The average molecular weight is 386 g/mol. The minimum atomic E-state index is -0.483. The first kappa shape index (κ1) is 21.5. The molecule has 0 spiro atoms. The Morgan fingerprint density at radius 2 is 1.54 bits per heavy atom. The Bertz CT molecular complexity index is 506. The highest BCUT2D eigenvalue weighted by Gasteiger charge is 2.55. The predicted molar refractivity (Wildman–Crippen MR) is 106 cm³/mol. The highest BCUT2D eigenvalue weighted by Crippen LogP contribution is 2.60. The Balaban J connectivity index is 0.00000243. The van der Waals surface area contributed by atoms with Gasteiger partial charge in [0.15, 0.2) is 0 Å². The van der Waals surface area contributed by atoms with Crippen molar-refractivity contribution >= 4 is 24.2 Å². The van der Waals surface area contributed by atoms with Crippen molar-refractivity contribution < 1.29 is 9.59 Å². The predicted octanol–water partition coefficient (Wildman–Crippen LogP) is 2.62. The lowest BCUT2D eigenvalue weighted by molar-refractivity contribution is -0.149. The number of amides is 2. The second-order valence-corrected chi connectivity index (χ2v) is 10.1. The summed E-state index contributed by atoms with van der Waals surface area (Å²) in [4.78, 5) is 25.8. The van der Waals surface area contributed by atoms with Crippen molar-refractivity contribution in [1.29, 1.82) is 0 Å².